The molecule has 124 valence electrons. The summed E-state index contributed by atoms with van der Waals surface area (Å²) >= 11 is 0. The topological polar surface area (TPSA) is 113 Å². The maximum atomic E-state index is 12.0. The molecule has 0 spiro atoms. The van der Waals surface area contributed by atoms with Crippen LogP contribution in [0, 0.1) is 0 Å². The first-order valence-electron chi connectivity index (χ1n) is 7.32. The summed E-state index contributed by atoms with van der Waals surface area (Å²) in [6.07, 6.45) is 2.34. The van der Waals surface area contributed by atoms with Crippen molar-refractivity contribution in [3.63, 3.8) is 0 Å². The second kappa shape index (κ2) is 5.80. The number of fused-ring (bicyclic) bond motifs is 1. The van der Waals surface area contributed by atoms with Gasteiger partial charge >= 0.3 is 6.09 Å². The van der Waals surface area contributed by atoms with Gasteiger partial charge in [-0.2, -0.15) is 0 Å². The summed E-state index contributed by atoms with van der Waals surface area (Å²) in [5, 5.41) is 12.1. The third kappa shape index (κ3) is 3.43. The molecule has 0 bridgehead atoms. The van der Waals surface area contributed by atoms with E-state index in [1.54, 1.807) is 39.0 Å². The number of aromatic amines is 1. The number of rotatable bonds is 2. The van der Waals surface area contributed by atoms with Gasteiger partial charge in [0.05, 0.1) is 11.0 Å². The molecular formula is C16H17N5O3. The highest BCUT2D eigenvalue weighted by Gasteiger charge is 2.19. The van der Waals surface area contributed by atoms with Crippen LogP contribution in [0.5, 0.6) is 5.75 Å². The SMILES string of the molecule is CC(C)(C)OC(=O)Nc1nccnc1-c1nc2ccc(O)cc2[nH]1. The van der Waals surface area contributed by atoms with Gasteiger partial charge in [-0.05, 0) is 32.9 Å². The van der Waals surface area contributed by atoms with Crippen LogP contribution < -0.4 is 5.32 Å². The minimum absolute atomic E-state index is 0.129. The van der Waals surface area contributed by atoms with Crippen molar-refractivity contribution in [2.75, 3.05) is 5.32 Å². The fourth-order valence-corrected chi connectivity index (χ4v) is 2.11. The quantitative estimate of drug-likeness (QED) is 0.666. The van der Waals surface area contributed by atoms with Crippen LogP contribution in [0.3, 0.4) is 0 Å². The number of phenolic OH excluding ortho intramolecular Hbond substituents is 1. The number of carbonyl (C=O) groups is 1. The van der Waals surface area contributed by atoms with Crippen LogP contribution in [0.15, 0.2) is 30.6 Å². The Morgan fingerprint density at radius 3 is 2.75 bits per heavy atom. The molecule has 1 aromatic carbocycles. The van der Waals surface area contributed by atoms with Crippen molar-refractivity contribution in [1.29, 1.82) is 0 Å². The van der Waals surface area contributed by atoms with Gasteiger partial charge in [0.1, 0.15) is 17.0 Å². The first-order valence-corrected chi connectivity index (χ1v) is 7.32. The van der Waals surface area contributed by atoms with Crippen LogP contribution in [0.2, 0.25) is 0 Å². The summed E-state index contributed by atoms with van der Waals surface area (Å²) in [4.78, 5) is 27.8. The van der Waals surface area contributed by atoms with Gasteiger partial charge in [-0.3, -0.25) is 5.32 Å². The lowest BCUT2D eigenvalue weighted by atomic mass is 10.2. The molecule has 3 rings (SSSR count). The third-order valence-corrected chi connectivity index (χ3v) is 3.01. The Morgan fingerprint density at radius 1 is 1.25 bits per heavy atom. The van der Waals surface area contributed by atoms with Crippen LogP contribution >= 0.6 is 0 Å². The number of nitrogens with one attached hydrogen (secondary N) is 2. The normalized spacial score (nSPS) is 11.5. The van der Waals surface area contributed by atoms with Crippen molar-refractivity contribution in [3.8, 4) is 17.3 Å². The molecule has 3 aromatic rings. The zero-order valence-corrected chi connectivity index (χ0v) is 13.5. The molecule has 0 saturated carbocycles. The highest BCUT2D eigenvalue weighted by Crippen LogP contribution is 2.25. The average molecular weight is 327 g/mol. The number of phenols is 1. The molecule has 1 amide bonds. The standard InChI is InChI=1S/C16H17N5O3/c1-16(2,3)24-15(23)21-13-12(17-6-7-18-13)14-19-10-5-4-9(22)8-11(10)20-14/h4-8,22H,1-3H3,(H,19,20)(H,18,21,23). The molecule has 0 aliphatic rings. The van der Waals surface area contributed by atoms with Gasteiger partial charge in [0.15, 0.2) is 11.6 Å². The number of ether oxygens (including phenoxy) is 1. The van der Waals surface area contributed by atoms with E-state index in [1.165, 1.54) is 12.4 Å². The molecule has 0 atom stereocenters. The van der Waals surface area contributed by atoms with Gasteiger partial charge < -0.3 is 14.8 Å². The van der Waals surface area contributed by atoms with Crippen molar-refractivity contribution in [2.24, 2.45) is 0 Å². The molecule has 0 fully saturated rings. The summed E-state index contributed by atoms with van der Waals surface area (Å²) in [6, 6.07) is 4.79. The van der Waals surface area contributed by atoms with Gasteiger partial charge in [0, 0.05) is 18.5 Å². The smallest absolute Gasteiger partial charge is 0.413 e. The number of imidazole rings is 1. The molecule has 3 N–H and O–H groups in total. The number of nitrogens with zero attached hydrogens (tertiary/aromatic N) is 3. The number of hydrogen-bond donors (Lipinski definition) is 3. The Balaban J connectivity index is 1.94. The van der Waals surface area contributed by atoms with E-state index in [1.807, 2.05) is 0 Å². The number of aromatic nitrogens is 4. The lowest BCUT2D eigenvalue weighted by Gasteiger charge is -2.19. The second-order valence-corrected chi connectivity index (χ2v) is 6.17. The van der Waals surface area contributed by atoms with Crippen molar-refractivity contribution in [2.45, 2.75) is 26.4 Å². The zero-order valence-electron chi connectivity index (χ0n) is 13.5. The van der Waals surface area contributed by atoms with Gasteiger partial charge in [0.2, 0.25) is 0 Å². The number of hydrogen-bond acceptors (Lipinski definition) is 6. The van der Waals surface area contributed by atoms with E-state index in [0.717, 1.165) is 0 Å². The predicted octanol–water partition coefficient (Wildman–Crippen LogP) is 3.07. The fourth-order valence-electron chi connectivity index (χ4n) is 2.11. The summed E-state index contributed by atoms with van der Waals surface area (Å²) in [5.74, 6) is 0.786. The fraction of sp³-hybridized carbons (Fsp3) is 0.250. The Labute approximate surface area is 137 Å². The highest BCUT2D eigenvalue weighted by atomic mass is 16.6. The summed E-state index contributed by atoms with van der Waals surface area (Å²) in [6.45, 7) is 5.32. The lowest BCUT2D eigenvalue weighted by molar-refractivity contribution is 0.0635. The second-order valence-electron chi connectivity index (χ2n) is 6.17. The molecule has 0 saturated heterocycles. The Kier molecular flexibility index (Phi) is 3.80. The maximum absolute atomic E-state index is 12.0. The van der Waals surface area contributed by atoms with Gasteiger partial charge in [0.25, 0.3) is 0 Å². The molecule has 8 nitrogen and oxygen atoms in total. The number of benzene rings is 1. The first-order chi connectivity index (χ1) is 11.3. The molecule has 24 heavy (non-hydrogen) atoms. The molecule has 0 aliphatic carbocycles. The summed E-state index contributed by atoms with van der Waals surface area (Å²) in [5.41, 5.74) is 1.07. The van der Waals surface area contributed by atoms with Crippen molar-refractivity contribution >= 4 is 22.9 Å². The van der Waals surface area contributed by atoms with E-state index in [9.17, 15) is 9.90 Å². The minimum atomic E-state index is -0.627. The molecule has 2 aromatic heterocycles. The molecule has 0 aliphatic heterocycles. The molecule has 0 radical (unpaired) electrons. The van der Waals surface area contributed by atoms with Crippen LogP contribution in [0.1, 0.15) is 20.8 Å². The van der Waals surface area contributed by atoms with Gasteiger partial charge in [-0.1, -0.05) is 0 Å². The summed E-state index contributed by atoms with van der Waals surface area (Å²) < 4.78 is 5.23. The van der Waals surface area contributed by atoms with Crippen LogP contribution in [-0.4, -0.2) is 36.7 Å². The van der Waals surface area contributed by atoms with Gasteiger partial charge in [-0.15, -0.1) is 0 Å². The Morgan fingerprint density at radius 2 is 2.00 bits per heavy atom. The number of carbonyl (C=O) groups excluding carboxylic acids is 1. The first kappa shape index (κ1) is 15.7. The number of anilines is 1. The number of amides is 1. The lowest BCUT2D eigenvalue weighted by Crippen LogP contribution is -2.27. The van der Waals surface area contributed by atoms with Gasteiger partial charge in [-0.25, -0.2) is 19.7 Å². The maximum Gasteiger partial charge on any atom is 0.413 e. The van der Waals surface area contributed by atoms with Crippen LogP contribution in [-0.2, 0) is 4.74 Å². The Hall–Kier alpha value is -3.16. The zero-order chi connectivity index (χ0) is 17.3. The monoisotopic (exact) mass is 327 g/mol. The van der Waals surface area contributed by atoms with E-state index in [4.69, 9.17) is 4.74 Å². The number of H-pyrrole nitrogens is 1. The average Bonchev–Trinajstić information content (AvgIpc) is 2.88. The third-order valence-electron chi connectivity index (χ3n) is 3.01. The minimum Gasteiger partial charge on any atom is -0.508 e. The van der Waals surface area contributed by atoms with Crippen LogP contribution in [0.25, 0.3) is 22.6 Å². The van der Waals surface area contributed by atoms with Crippen molar-refractivity contribution < 1.29 is 14.6 Å². The van der Waals surface area contributed by atoms with E-state index in [-0.39, 0.29) is 11.6 Å². The Bertz CT molecular complexity index is 898. The van der Waals surface area contributed by atoms with E-state index in [0.29, 0.717) is 22.6 Å². The van der Waals surface area contributed by atoms with E-state index >= 15 is 0 Å². The van der Waals surface area contributed by atoms with Crippen molar-refractivity contribution in [3.05, 3.63) is 30.6 Å². The largest absolute Gasteiger partial charge is 0.508 e. The molecule has 0 unspecified atom stereocenters. The van der Waals surface area contributed by atoms with Crippen LogP contribution in [0.4, 0.5) is 10.6 Å². The molecular weight excluding hydrogens is 310 g/mol. The molecule has 2 heterocycles. The summed E-state index contributed by atoms with van der Waals surface area (Å²) in [7, 11) is 0. The molecule has 8 heteroatoms. The predicted molar refractivity (Wildman–Crippen MR) is 88.6 cm³/mol. The number of aromatic hydroxyl groups is 1. The van der Waals surface area contributed by atoms with E-state index < -0.39 is 11.7 Å². The van der Waals surface area contributed by atoms with Crippen molar-refractivity contribution in [1.82, 2.24) is 19.9 Å². The van der Waals surface area contributed by atoms with E-state index in [2.05, 4.69) is 25.3 Å². The highest BCUT2D eigenvalue weighted by molar-refractivity contribution is 5.89.